The summed E-state index contributed by atoms with van der Waals surface area (Å²) in [4.78, 5) is 19.2. The number of nitrogens with zero attached hydrogens (tertiary/aromatic N) is 2. The molecule has 0 fully saturated rings. The zero-order chi connectivity index (χ0) is 23.6. The Balaban J connectivity index is 0.000000311. The lowest BCUT2D eigenvalue weighted by Crippen LogP contribution is -2.12. The number of sulfonamides is 1. The molecule has 168 valence electrons. The number of hydrogen-bond donors (Lipinski definition) is 1. The number of aliphatic imine (C=N–C) groups is 1. The van der Waals surface area contributed by atoms with Gasteiger partial charge in [0.05, 0.1) is 16.3 Å². The molecule has 0 spiro atoms. The van der Waals surface area contributed by atoms with Crippen LogP contribution in [0.3, 0.4) is 0 Å². The van der Waals surface area contributed by atoms with Gasteiger partial charge in [0.1, 0.15) is 6.61 Å². The Morgan fingerprint density at radius 1 is 1.06 bits per heavy atom. The lowest BCUT2D eigenvalue weighted by atomic mass is 9.93. The predicted octanol–water partition coefficient (Wildman–Crippen LogP) is 5.00. The van der Waals surface area contributed by atoms with Gasteiger partial charge in [0.15, 0.2) is 0 Å². The van der Waals surface area contributed by atoms with Crippen LogP contribution < -0.4 is 5.14 Å². The molecule has 8 heteroatoms. The maximum Gasteiger partial charge on any atom is 0.240 e. The van der Waals surface area contributed by atoms with E-state index in [0.717, 1.165) is 16.8 Å². The van der Waals surface area contributed by atoms with Crippen molar-refractivity contribution in [3.63, 3.8) is 0 Å². The number of oxime groups is 1. The van der Waals surface area contributed by atoms with Gasteiger partial charge in [-0.05, 0) is 48.9 Å². The number of nitrogens with two attached hydrogens (primary N) is 1. The van der Waals surface area contributed by atoms with Crippen LogP contribution in [0.5, 0.6) is 0 Å². The molecule has 0 aliphatic heterocycles. The maximum absolute atomic E-state index is 11.1. The van der Waals surface area contributed by atoms with E-state index in [-0.39, 0.29) is 4.90 Å². The number of isocyanates is 1. The minimum Gasteiger partial charge on any atom is -0.396 e. The van der Waals surface area contributed by atoms with Gasteiger partial charge in [-0.15, -0.1) is 0 Å². The van der Waals surface area contributed by atoms with Gasteiger partial charge in [-0.3, -0.25) is 0 Å². The molecule has 0 aliphatic rings. The summed E-state index contributed by atoms with van der Waals surface area (Å²) < 4.78 is 22.3. The molecule has 2 aromatic rings. The van der Waals surface area contributed by atoms with Gasteiger partial charge in [-0.1, -0.05) is 63.2 Å². The number of para-hydroxylation sites is 1. The third-order valence-corrected chi connectivity index (χ3v) is 5.32. The van der Waals surface area contributed by atoms with E-state index in [0.29, 0.717) is 29.7 Å². The lowest BCUT2D eigenvalue weighted by molar-refractivity contribution is 0.159. The lowest BCUT2D eigenvalue weighted by Gasteiger charge is -2.14. The summed E-state index contributed by atoms with van der Waals surface area (Å²) in [5.41, 5.74) is 4.30. The van der Waals surface area contributed by atoms with Crippen LogP contribution in [0.25, 0.3) is 0 Å². The first kappa shape index (κ1) is 26.2. The van der Waals surface area contributed by atoms with E-state index in [1.165, 1.54) is 12.1 Å². The second-order valence-corrected chi connectivity index (χ2v) is 9.03. The Bertz CT molecular complexity index is 1030. The summed E-state index contributed by atoms with van der Waals surface area (Å²) >= 11 is 0. The number of benzene rings is 2. The van der Waals surface area contributed by atoms with Crippen molar-refractivity contribution in [2.24, 2.45) is 15.3 Å². The molecule has 0 saturated heterocycles. The van der Waals surface area contributed by atoms with Crippen molar-refractivity contribution in [1.29, 1.82) is 0 Å². The van der Waals surface area contributed by atoms with Crippen molar-refractivity contribution in [2.45, 2.75) is 58.3 Å². The molecule has 0 unspecified atom stereocenters. The van der Waals surface area contributed by atoms with E-state index in [4.69, 9.17) is 9.98 Å². The van der Waals surface area contributed by atoms with Crippen LogP contribution in [0.1, 0.15) is 70.1 Å². The van der Waals surface area contributed by atoms with Gasteiger partial charge in [0.2, 0.25) is 16.1 Å². The Hall–Kier alpha value is -2.80. The highest BCUT2D eigenvalue weighted by Crippen LogP contribution is 2.34. The second kappa shape index (κ2) is 12.2. The van der Waals surface area contributed by atoms with Crippen molar-refractivity contribution in [2.75, 3.05) is 6.61 Å². The van der Waals surface area contributed by atoms with Crippen LogP contribution in [0.15, 0.2) is 57.5 Å². The first-order valence-corrected chi connectivity index (χ1v) is 11.6. The highest BCUT2D eigenvalue weighted by Gasteiger charge is 2.12. The third kappa shape index (κ3) is 8.09. The number of rotatable bonds is 7. The molecular formula is C23H31N3O4S. The van der Waals surface area contributed by atoms with Crippen molar-refractivity contribution < 1.29 is 18.0 Å². The van der Waals surface area contributed by atoms with Crippen LogP contribution >= 0.6 is 0 Å². The molecule has 0 aliphatic carbocycles. The Morgan fingerprint density at radius 3 is 2.06 bits per heavy atom. The van der Waals surface area contributed by atoms with E-state index in [9.17, 15) is 13.2 Å². The summed E-state index contributed by atoms with van der Waals surface area (Å²) in [7, 11) is -3.68. The van der Waals surface area contributed by atoms with Gasteiger partial charge < -0.3 is 4.84 Å². The van der Waals surface area contributed by atoms with Crippen LogP contribution in [0, 0.1) is 0 Å². The van der Waals surface area contributed by atoms with Crippen LogP contribution in [-0.4, -0.2) is 26.8 Å². The van der Waals surface area contributed by atoms with Crippen molar-refractivity contribution in [3.8, 4) is 0 Å². The van der Waals surface area contributed by atoms with Crippen molar-refractivity contribution in [3.05, 3.63) is 59.2 Å². The molecule has 2 rings (SSSR count). The number of hydrogen-bond acceptors (Lipinski definition) is 6. The largest absolute Gasteiger partial charge is 0.396 e. The highest BCUT2D eigenvalue weighted by atomic mass is 32.2. The van der Waals surface area contributed by atoms with Crippen LogP contribution in [0.4, 0.5) is 5.69 Å². The fourth-order valence-corrected chi connectivity index (χ4v) is 3.36. The Morgan fingerprint density at radius 2 is 1.61 bits per heavy atom. The molecule has 0 heterocycles. The summed E-state index contributed by atoms with van der Waals surface area (Å²) in [6, 6.07) is 12.3. The fourth-order valence-electron chi connectivity index (χ4n) is 2.80. The van der Waals surface area contributed by atoms with E-state index in [2.05, 4.69) is 37.8 Å². The van der Waals surface area contributed by atoms with Crippen LogP contribution in [0.2, 0.25) is 0 Å². The zero-order valence-corrected chi connectivity index (χ0v) is 19.7. The molecule has 2 aromatic carbocycles. The quantitative estimate of drug-likeness (QED) is 0.367. The van der Waals surface area contributed by atoms with Gasteiger partial charge in [0, 0.05) is 5.56 Å². The summed E-state index contributed by atoms with van der Waals surface area (Å²) in [6.07, 6.45) is 1.65. The normalized spacial score (nSPS) is 11.6. The molecule has 7 nitrogen and oxygen atoms in total. The average Bonchev–Trinajstić information content (AvgIpc) is 2.72. The molecule has 2 N–H and O–H groups in total. The second-order valence-electron chi connectivity index (χ2n) is 7.46. The average molecular weight is 446 g/mol. The zero-order valence-electron chi connectivity index (χ0n) is 18.9. The summed E-state index contributed by atoms with van der Waals surface area (Å²) in [5, 5.41) is 8.84. The monoisotopic (exact) mass is 445 g/mol. The molecule has 0 amide bonds. The molecule has 0 bridgehead atoms. The van der Waals surface area contributed by atoms with E-state index in [1.807, 2.05) is 25.1 Å². The SMILES string of the molecule is CC(C)c1cccc(C(C)C)c1N=C=O.CCO/N=C(/C)c1cccc(S(N)(=O)=O)c1. The van der Waals surface area contributed by atoms with E-state index in [1.54, 1.807) is 25.1 Å². The maximum atomic E-state index is 11.1. The summed E-state index contributed by atoms with van der Waals surface area (Å²) in [6.45, 7) is 12.4. The minimum absolute atomic E-state index is 0.0658. The first-order chi connectivity index (χ1) is 14.5. The van der Waals surface area contributed by atoms with Crippen LogP contribution in [-0.2, 0) is 19.7 Å². The summed E-state index contributed by atoms with van der Waals surface area (Å²) in [5.74, 6) is 0.742. The topological polar surface area (TPSA) is 111 Å². The van der Waals surface area contributed by atoms with Gasteiger partial charge in [-0.2, -0.15) is 4.99 Å². The predicted molar refractivity (Wildman–Crippen MR) is 124 cm³/mol. The highest BCUT2D eigenvalue weighted by molar-refractivity contribution is 7.89. The molecule has 0 saturated carbocycles. The van der Waals surface area contributed by atoms with Gasteiger partial charge >= 0.3 is 0 Å². The van der Waals surface area contributed by atoms with Gasteiger partial charge in [0.25, 0.3) is 0 Å². The Labute approximate surface area is 185 Å². The van der Waals surface area contributed by atoms with Gasteiger partial charge in [-0.25, -0.2) is 18.4 Å². The number of carbonyl (C=O) groups excluding carboxylic acids is 1. The fraction of sp³-hybridized carbons (Fsp3) is 0.391. The third-order valence-electron chi connectivity index (χ3n) is 4.41. The molecule has 0 aromatic heterocycles. The minimum atomic E-state index is -3.68. The van der Waals surface area contributed by atoms with E-state index >= 15 is 0 Å². The molecule has 0 atom stereocenters. The molecule has 31 heavy (non-hydrogen) atoms. The molecule has 0 radical (unpaired) electrons. The first-order valence-electron chi connectivity index (χ1n) is 10.0. The molecular weight excluding hydrogens is 414 g/mol. The standard InChI is InChI=1S/C13H17NO.C10H14N2O3S/c1-9(2)11-6-5-7-12(10(3)4)13(11)14-8-15;1-3-15-12-8(2)9-5-4-6-10(7-9)16(11,13)14/h5-7,9-10H,1-4H3;4-7H,3H2,1-2H3,(H2,11,13,14)/b;12-8-. The number of primary sulfonamides is 1. The Kier molecular flexibility index (Phi) is 10.3. The van der Waals surface area contributed by atoms with E-state index < -0.39 is 10.0 Å². The van der Waals surface area contributed by atoms with Crippen molar-refractivity contribution >= 4 is 27.5 Å². The smallest absolute Gasteiger partial charge is 0.240 e. The van der Waals surface area contributed by atoms with Crippen molar-refractivity contribution in [1.82, 2.24) is 0 Å².